The SMILES string of the molecule is CN(Cc1ccccc1CC=O)c1cc(NCCCCCO)cc(-c2cccc(CN)c2F)c1. The fourth-order valence-electron chi connectivity index (χ4n) is 4.04. The van der Waals surface area contributed by atoms with Gasteiger partial charge in [0.2, 0.25) is 0 Å². The first-order chi connectivity index (χ1) is 16.6. The Balaban J connectivity index is 1.93. The van der Waals surface area contributed by atoms with E-state index in [1.807, 2.05) is 49.5 Å². The number of nitrogens with zero attached hydrogens (tertiary/aromatic N) is 1. The molecule has 0 atom stereocenters. The molecule has 0 aliphatic rings. The van der Waals surface area contributed by atoms with E-state index in [-0.39, 0.29) is 19.0 Å². The second kappa shape index (κ2) is 12.9. The van der Waals surface area contributed by atoms with Crippen molar-refractivity contribution in [3.63, 3.8) is 0 Å². The van der Waals surface area contributed by atoms with Gasteiger partial charge in [0.05, 0.1) is 0 Å². The van der Waals surface area contributed by atoms with Crippen LogP contribution in [-0.4, -0.2) is 31.6 Å². The molecule has 0 saturated heterocycles. The number of aliphatic hydroxyl groups excluding tert-OH is 1. The largest absolute Gasteiger partial charge is 0.396 e. The number of carbonyl (C=O) groups is 1. The van der Waals surface area contributed by atoms with Crippen LogP contribution in [0.15, 0.2) is 60.7 Å². The van der Waals surface area contributed by atoms with Crippen molar-refractivity contribution in [3.05, 3.63) is 83.2 Å². The lowest BCUT2D eigenvalue weighted by molar-refractivity contribution is -0.107. The number of nitrogens with one attached hydrogen (secondary N) is 1. The van der Waals surface area contributed by atoms with Crippen molar-refractivity contribution in [2.45, 2.75) is 38.8 Å². The summed E-state index contributed by atoms with van der Waals surface area (Å²) < 4.78 is 15.1. The summed E-state index contributed by atoms with van der Waals surface area (Å²) in [6.07, 6.45) is 3.96. The highest BCUT2D eigenvalue weighted by molar-refractivity contribution is 5.75. The van der Waals surface area contributed by atoms with Crippen molar-refractivity contribution in [2.24, 2.45) is 5.73 Å². The molecule has 0 bridgehead atoms. The van der Waals surface area contributed by atoms with Crippen LogP contribution in [0.25, 0.3) is 11.1 Å². The van der Waals surface area contributed by atoms with Gasteiger partial charge in [-0.2, -0.15) is 0 Å². The summed E-state index contributed by atoms with van der Waals surface area (Å²) in [4.78, 5) is 13.2. The highest BCUT2D eigenvalue weighted by Crippen LogP contribution is 2.32. The van der Waals surface area contributed by atoms with Crippen LogP contribution in [-0.2, 0) is 24.3 Å². The molecule has 0 aromatic heterocycles. The van der Waals surface area contributed by atoms with Crippen molar-refractivity contribution in [1.29, 1.82) is 0 Å². The normalized spacial score (nSPS) is 10.8. The van der Waals surface area contributed by atoms with Crippen LogP contribution < -0.4 is 16.0 Å². The Labute approximate surface area is 201 Å². The number of anilines is 2. The van der Waals surface area contributed by atoms with Gasteiger partial charge in [-0.25, -0.2) is 4.39 Å². The number of carbonyl (C=O) groups excluding carboxylic acids is 1. The summed E-state index contributed by atoms with van der Waals surface area (Å²) >= 11 is 0. The molecule has 0 aliphatic heterocycles. The van der Waals surface area contributed by atoms with Gasteiger partial charge >= 0.3 is 0 Å². The summed E-state index contributed by atoms with van der Waals surface area (Å²) in [5, 5.41) is 12.4. The molecule has 0 amide bonds. The summed E-state index contributed by atoms with van der Waals surface area (Å²) in [6.45, 7) is 1.73. The van der Waals surface area contributed by atoms with Gasteiger partial charge < -0.3 is 25.9 Å². The highest BCUT2D eigenvalue weighted by Gasteiger charge is 2.14. The van der Waals surface area contributed by atoms with E-state index in [0.717, 1.165) is 60.2 Å². The average Bonchev–Trinajstić information content (AvgIpc) is 2.85. The van der Waals surface area contributed by atoms with E-state index in [9.17, 15) is 4.79 Å². The van der Waals surface area contributed by atoms with E-state index in [4.69, 9.17) is 10.8 Å². The number of hydrogen-bond donors (Lipinski definition) is 3. The van der Waals surface area contributed by atoms with Crippen LogP contribution in [0.1, 0.15) is 36.0 Å². The molecule has 0 unspecified atom stereocenters. The van der Waals surface area contributed by atoms with Gasteiger partial charge in [0, 0.05) is 62.2 Å². The van der Waals surface area contributed by atoms with Crippen LogP contribution >= 0.6 is 0 Å². The molecule has 0 spiro atoms. The summed E-state index contributed by atoms with van der Waals surface area (Å²) in [6, 6.07) is 19.2. The first kappa shape index (κ1) is 25.4. The van der Waals surface area contributed by atoms with E-state index in [0.29, 0.717) is 24.1 Å². The van der Waals surface area contributed by atoms with Crippen molar-refractivity contribution in [3.8, 4) is 11.1 Å². The van der Waals surface area contributed by atoms with Crippen LogP contribution in [0.4, 0.5) is 15.8 Å². The first-order valence-electron chi connectivity index (χ1n) is 11.8. The average molecular weight is 464 g/mol. The molecule has 3 aromatic carbocycles. The molecular weight excluding hydrogens is 429 g/mol. The molecule has 0 fully saturated rings. The third-order valence-electron chi connectivity index (χ3n) is 5.96. The molecule has 0 heterocycles. The molecule has 4 N–H and O–H groups in total. The monoisotopic (exact) mass is 463 g/mol. The molecule has 6 heteroatoms. The zero-order valence-corrected chi connectivity index (χ0v) is 19.8. The van der Waals surface area contributed by atoms with Crippen molar-refractivity contribution < 1.29 is 14.3 Å². The Morgan fingerprint density at radius 2 is 1.76 bits per heavy atom. The van der Waals surface area contributed by atoms with Crippen molar-refractivity contribution in [1.82, 2.24) is 0 Å². The number of rotatable bonds is 13. The topological polar surface area (TPSA) is 78.6 Å². The number of halogens is 1. The summed E-state index contributed by atoms with van der Waals surface area (Å²) in [5.74, 6) is -0.296. The quantitative estimate of drug-likeness (QED) is 0.248. The number of unbranched alkanes of at least 4 members (excludes halogenated alkanes) is 2. The molecule has 3 rings (SSSR count). The lowest BCUT2D eigenvalue weighted by Gasteiger charge is -2.23. The second-order valence-electron chi connectivity index (χ2n) is 8.46. The van der Waals surface area contributed by atoms with Gasteiger partial charge in [0.25, 0.3) is 0 Å². The smallest absolute Gasteiger partial charge is 0.135 e. The Morgan fingerprint density at radius 3 is 2.50 bits per heavy atom. The number of benzene rings is 3. The van der Waals surface area contributed by atoms with E-state index in [2.05, 4.69) is 16.3 Å². The van der Waals surface area contributed by atoms with E-state index < -0.39 is 0 Å². The predicted octanol–water partition coefficient (Wildman–Crippen LogP) is 4.90. The Kier molecular flexibility index (Phi) is 9.62. The Hall–Kier alpha value is -3.22. The molecule has 0 saturated carbocycles. The van der Waals surface area contributed by atoms with Gasteiger partial charge in [0.15, 0.2) is 0 Å². The minimum absolute atomic E-state index is 0.142. The summed E-state index contributed by atoms with van der Waals surface area (Å²) in [5.41, 5.74) is 11.4. The maximum absolute atomic E-state index is 15.1. The number of nitrogens with two attached hydrogens (primary N) is 1. The van der Waals surface area contributed by atoms with Crippen LogP contribution in [0.3, 0.4) is 0 Å². The number of aliphatic hydroxyl groups is 1. The van der Waals surface area contributed by atoms with Gasteiger partial charge in [-0.15, -0.1) is 0 Å². The van der Waals surface area contributed by atoms with Crippen molar-refractivity contribution in [2.75, 3.05) is 30.4 Å². The van der Waals surface area contributed by atoms with E-state index in [1.54, 1.807) is 12.1 Å². The van der Waals surface area contributed by atoms with Gasteiger partial charge in [-0.1, -0.05) is 42.5 Å². The van der Waals surface area contributed by atoms with Gasteiger partial charge in [0.1, 0.15) is 12.1 Å². The van der Waals surface area contributed by atoms with Crippen molar-refractivity contribution >= 4 is 17.7 Å². The molecule has 0 aliphatic carbocycles. The lowest BCUT2D eigenvalue weighted by Crippen LogP contribution is -2.18. The molecule has 34 heavy (non-hydrogen) atoms. The highest BCUT2D eigenvalue weighted by atomic mass is 19.1. The zero-order valence-electron chi connectivity index (χ0n) is 19.8. The molecule has 5 nitrogen and oxygen atoms in total. The predicted molar refractivity (Wildman–Crippen MR) is 137 cm³/mol. The molecular formula is C28H34FN3O2. The Bertz CT molecular complexity index is 1090. The minimum atomic E-state index is -0.296. The van der Waals surface area contributed by atoms with E-state index in [1.165, 1.54) is 0 Å². The van der Waals surface area contributed by atoms with Gasteiger partial charge in [-0.3, -0.25) is 0 Å². The fourth-order valence-corrected chi connectivity index (χ4v) is 4.04. The molecule has 0 radical (unpaired) electrons. The molecule has 3 aromatic rings. The number of aldehydes is 1. The van der Waals surface area contributed by atoms with Gasteiger partial charge in [-0.05, 0) is 54.2 Å². The third-order valence-corrected chi connectivity index (χ3v) is 5.96. The summed E-state index contributed by atoms with van der Waals surface area (Å²) in [7, 11) is 1.99. The maximum atomic E-state index is 15.1. The van der Waals surface area contributed by atoms with E-state index >= 15 is 4.39 Å². The maximum Gasteiger partial charge on any atom is 0.135 e. The second-order valence-corrected chi connectivity index (χ2v) is 8.46. The van der Waals surface area contributed by atoms with Crippen LogP contribution in [0.5, 0.6) is 0 Å². The Morgan fingerprint density at radius 1 is 1.00 bits per heavy atom. The standard InChI is InChI=1S/C28H34FN3O2/c1-32(20-23-9-4-3-8-21(23)12-15-34)26-17-24(27-11-7-10-22(19-30)28(27)29)16-25(18-26)31-13-5-2-6-14-33/h3-4,7-11,15-18,31,33H,2,5-6,12-14,19-20,30H2,1H3. The van der Waals surface area contributed by atoms with Crippen LogP contribution in [0.2, 0.25) is 0 Å². The molecule has 180 valence electrons. The minimum Gasteiger partial charge on any atom is -0.396 e. The zero-order chi connectivity index (χ0) is 24.3. The number of hydrogen-bond acceptors (Lipinski definition) is 5. The fraction of sp³-hybridized carbons (Fsp3) is 0.321. The lowest BCUT2D eigenvalue weighted by atomic mass is 10.00. The first-order valence-corrected chi connectivity index (χ1v) is 11.8. The third kappa shape index (κ3) is 6.65. The van der Waals surface area contributed by atoms with Crippen LogP contribution in [0, 0.1) is 5.82 Å².